The number of rotatable bonds is 3. The predicted molar refractivity (Wildman–Crippen MR) is 95.8 cm³/mol. The summed E-state index contributed by atoms with van der Waals surface area (Å²) in [5, 5.41) is 3.08. The van der Waals surface area contributed by atoms with Crippen LogP contribution >= 0.6 is 11.7 Å². The number of nitrogens with one attached hydrogen (secondary N) is 1. The van der Waals surface area contributed by atoms with Crippen LogP contribution in [0, 0.1) is 6.92 Å². The molecule has 2 aromatic carbocycles. The second kappa shape index (κ2) is 5.86. The van der Waals surface area contributed by atoms with Gasteiger partial charge in [0, 0.05) is 11.9 Å². The highest BCUT2D eigenvalue weighted by Crippen LogP contribution is 2.23. The topological polar surface area (TPSA) is 75.9 Å². The number of fused-ring (bicyclic) bond motifs is 1. The molecule has 1 N–H and O–H groups in total. The first-order valence-corrected chi connectivity index (χ1v) is 8.09. The summed E-state index contributed by atoms with van der Waals surface area (Å²) in [5.74, 6) is 0. The van der Waals surface area contributed by atoms with Crippen LogP contribution in [0.4, 0.5) is 5.69 Å². The van der Waals surface area contributed by atoms with Crippen LogP contribution in [0.1, 0.15) is 11.3 Å². The number of para-hydroxylation sites is 1. The molecule has 0 aliphatic heterocycles. The van der Waals surface area contributed by atoms with E-state index in [1.807, 2.05) is 55.5 Å². The fraction of sp³-hybridized carbons (Fsp3) is 0.0588. The fourth-order valence-corrected chi connectivity index (χ4v) is 3.05. The molecule has 0 atom stereocenters. The minimum Gasteiger partial charge on any atom is -0.295 e. The number of hydrogen-bond donors (Lipinski definition) is 1. The van der Waals surface area contributed by atoms with Crippen LogP contribution in [-0.2, 0) is 0 Å². The summed E-state index contributed by atoms with van der Waals surface area (Å²) in [4.78, 5) is 17.1. The monoisotopic (exact) mass is 335 g/mol. The second-order valence-electron chi connectivity index (χ2n) is 5.29. The minimum atomic E-state index is -0.133. The lowest BCUT2D eigenvalue weighted by Crippen LogP contribution is -2.17. The zero-order valence-corrected chi connectivity index (χ0v) is 13.6. The molecule has 0 saturated carbocycles. The summed E-state index contributed by atoms with van der Waals surface area (Å²) in [5.41, 5.74) is 4.20. The summed E-state index contributed by atoms with van der Waals surface area (Å²) in [6.45, 7) is 1.85. The number of hydrogen-bond acceptors (Lipinski definition) is 5. The van der Waals surface area contributed by atoms with Gasteiger partial charge < -0.3 is 0 Å². The third-order valence-corrected chi connectivity index (χ3v) is 4.27. The second-order valence-corrected chi connectivity index (χ2v) is 5.82. The highest BCUT2D eigenvalue weighted by Gasteiger charge is 2.11. The standard InChI is InChI=1S/C17H13N5OS/c1-11-13(17(23)22(19-11)12-6-3-2-4-7-12)10-18-14-8-5-9-15-16(14)21-24-20-15/h2-10,19H,1H3. The van der Waals surface area contributed by atoms with Crippen LogP contribution in [0.5, 0.6) is 0 Å². The van der Waals surface area contributed by atoms with Crippen molar-refractivity contribution in [3.05, 3.63) is 70.1 Å². The number of H-pyrrole nitrogens is 1. The molecule has 7 heteroatoms. The van der Waals surface area contributed by atoms with Gasteiger partial charge in [0.2, 0.25) is 0 Å². The summed E-state index contributed by atoms with van der Waals surface area (Å²) < 4.78 is 9.97. The Hall–Kier alpha value is -3.06. The van der Waals surface area contributed by atoms with Crippen molar-refractivity contribution in [2.24, 2.45) is 4.99 Å². The number of aryl methyl sites for hydroxylation is 1. The van der Waals surface area contributed by atoms with Crippen molar-refractivity contribution in [2.75, 3.05) is 0 Å². The van der Waals surface area contributed by atoms with Gasteiger partial charge >= 0.3 is 0 Å². The van der Waals surface area contributed by atoms with Gasteiger partial charge in [-0.2, -0.15) is 8.75 Å². The van der Waals surface area contributed by atoms with E-state index in [-0.39, 0.29) is 5.56 Å². The molecule has 0 amide bonds. The normalized spacial score (nSPS) is 11.5. The molecule has 4 aromatic rings. The van der Waals surface area contributed by atoms with Crippen molar-refractivity contribution in [3.8, 4) is 5.69 Å². The fourth-order valence-electron chi connectivity index (χ4n) is 2.50. The summed E-state index contributed by atoms with van der Waals surface area (Å²) in [7, 11) is 0. The van der Waals surface area contributed by atoms with Crippen molar-refractivity contribution in [1.29, 1.82) is 0 Å². The Morgan fingerprint density at radius 1 is 1.12 bits per heavy atom. The Bertz CT molecular complexity index is 1090. The Morgan fingerprint density at radius 2 is 1.96 bits per heavy atom. The maximum absolute atomic E-state index is 12.6. The molecule has 0 radical (unpaired) electrons. The quantitative estimate of drug-likeness (QED) is 0.584. The number of aromatic nitrogens is 4. The molecule has 0 spiro atoms. The van der Waals surface area contributed by atoms with Crippen LogP contribution in [-0.4, -0.2) is 24.7 Å². The highest BCUT2D eigenvalue weighted by atomic mass is 32.1. The van der Waals surface area contributed by atoms with Gasteiger partial charge in [0.1, 0.15) is 11.0 Å². The van der Waals surface area contributed by atoms with E-state index in [0.29, 0.717) is 11.3 Å². The van der Waals surface area contributed by atoms with E-state index in [0.717, 1.165) is 34.1 Å². The number of nitrogens with zero attached hydrogens (tertiary/aromatic N) is 4. The molecule has 0 aliphatic carbocycles. The number of aromatic amines is 1. The van der Waals surface area contributed by atoms with E-state index >= 15 is 0 Å². The SMILES string of the molecule is Cc1[nH]n(-c2ccccc2)c(=O)c1C=Nc1cccc2nsnc12. The average molecular weight is 335 g/mol. The van der Waals surface area contributed by atoms with Gasteiger partial charge in [0.25, 0.3) is 5.56 Å². The first kappa shape index (κ1) is 14.5. The molecule has 4 rings (SSSR count). The summed E-state index contributed by atoms with van der Waals surface area (Å²) in [6.07, 6.45) is 1.59. The zero-order valence-electron chi connectivity index (χ0n) is 12.8. The van der Waals surface area contributed by atoms with Gasteiger partial charge in [-0.1, -0.05) is 24.3 Å². The van der Waals surface area contributed by atoms with Gasteiger partial charge in [-0.25, -0.2) is 4.68 Å². The Morgan fingerprint density at radius 3 is 2.79 bits per heavy atom. The first-order chi connectivity index (χ1) is 11.7. The highest BCUT2D eigenvalue weighted by molar-refractivity contribution is 7.00. The Balaban J connectivity index is 1.77. The van der Waals surface area contributed by atoms with Gasteiger partial charge in [0.15, 0.2) is 0 Å². The predicted octanol–water partition coefficient (Wildman–Crippen LogP) is 3.23. The zero-order chi connectivity index (χ0) is 16.5. The van der Waals surface area contributed by atoms with Crippen LogP contribution < -0.4 is 5.56 Å². The van der Waals surface area contributed by atoms with E-state index in [2.05, 4.69) is 18.8 Å². The van der Waals surface area contributed by atoms with E-state index in [1.165, 1.54) is 4.68 Å². The van der Waals surface area contributed by atoms with Gasteiger partial charge in [-0.3, -0.25) is 14.9 Å². The third kappa shape index (κ3) is 2.44. The first-order valence-electron chi connectivity index (χ1n) is 7.36. The maximum Gasteiger partial charge on any atom is 0.280 e. The van der Waals surface area contributed by atoms with Crippen LogP contribution in [0.25, 0.3) is 16.7 Å². The van der Waals surface area contributed by atoms with Crippen molar-refractivity contribution >= 4 is 34.7 Å². The molecule has 0 bridgehead atoms. The molecular weight excluding hydrogens is 322 g/mol. The lowest BCUT2D eigenvalue weighted by atomic mass is 10.2. The molecule has 0 saturated heterocycles. The maximum atomic E-state index is 12.6. The smallest absolute Gasteiger partial charge is 0.280 e. The summed E-state index contributed by atoms with van der Waals surface area (Å²) in [6, 6.07) is 15.1. The van der Waals surface area contributed by atoms with Crippen molar-refractivity contribution in [3.63, 3.8) is 0 Å². The van der Waals surface area contributed by atoms with Crippen LogP contribution in [0.2, 0.25) is 0 Å². The molecule has 0 unspecified atom stereocenters. The van der Waals surface area contributed by atoms with E-state index in [4.69, 9.17) is 0 Å². The van der Waals surface area contributed by atoms with Crippen LogP contribution in [0.3, 0.4) is 0 Å². The van der Waals surface area contributed by atoms with Crippen molar-refractivity contribution < 1.29 is 0 Å². The molecule has 0 fully saturated rings. The number of aliphatic imine (C=N–C) groups is 1. The van der Waals surface area contributed by atoms with E-state index in [9.17, 15) is 4.79 Å². The molecular formula is C17H13N5OS. The average Bonchev–Trinajstić information content (AvgIpc) is 3.19. The minimum absolute atomic E-state index is 0.133. The number of benzene rings is 2. The molecule has 2 aromatic heterocycles. The molecule has 118 valence electrons. The summed E-state index contributed by atoms with van der Waals surface area (Å²) >= 11 is 1.15. The lowest BCUT2D eigenvalue weighted by molar-refractivity contribution is 0.835. The van der Waals surface area contributed by atoms with Crippen molar-refractivity contribution in [2.45, 2.75) is 6.92 Å². The Labute approximate surface area is 141 Å². The van der Waals surface area contributed by atoms with Gasteiger partial charge in [-0.15, -0.1) is 0 Å². The largest absolute Gasteiger partial charge is 0.295 e. The molecule has 2 heterocycles. The third-order valence-electron chi connectivity index (χ3n) is 3.73. The van der Waals surface area contributed by atoms with Gasteiger partial charge in [-0.05, 0) is 31.2 Å². The molecule has 6 nitrogen and oxygen atoms in total. The van der Waals surface area contributed by atoms with Crippen molar-refractivity contribution in [1.82, 2.24) is 18.5 Å². The van der Waals surface area contributed by atoms with Crippen LogP contribution in [0.15, 0.2) is 58.3 Å². The van der Waals surface area contributed by atoms with Gasteiger partial charge in [0.05, 0.1) is 28.7 Å². The molecule has 0 aliphatic rings. The Kier molecular flexibility index (Phi) is 3.55. The lowest BCUT2D eigenvalue weighted by Gasteiger charge is -1.99. The van der Waals surface area contributed by atoms with E-state index < -0.39 is 0 Å². The molecule has 24 heavy (non-hydrogen) atoms. The van der Waals surface area contributed by atoms with E-state index in [1.54, 1.807) is 6.21 Å².